The van der Waals surface area contributed by atoms with E-state index in [4.69, 9.17) is 10.8 Å². The van der Waals surface area contributed by atoms with E-state index in [1.807, 2.05) is 24.3 Å². The summed E-state index contributed by atoms with van der Waals surface area (Å²) < 4.78 is 0. The van der Waals surface area contributed by atoms with Gasteiger partial charge in [-0.1, -0.05) is 12.1 Å². The molecule has 1 aliphatic heterocycles. The minimum Gasteiger partial charge on any atom is -0.481 e. The highest BCUT2D eigenvalue weighted by Crippen LogP contribution is 2.22. The number of nitrogens with zero attached hydrogens (tertiary/aromatic N) is 1. The molecule has 4 nitrogen and oxygen atoms in total. The number of carboxylic acid groups (broad SMARTS) is 1. The van der Waals surface area contributed by atoms with Gasteiger partial charge in [-0.25, -0.2) is 0 Å². The average Bonchev–Trinajstić information content (AvgIpc) is 2.39. The Bertz CT molecular complexity index is 397. The molecule has 0 saturated carbocycles. The summed E-state index contributed by atoms with van der Waals surface area (Å²) in [5.41, 5.74) is 7.93. The van der Waals surface area contributed by atoms with Gasteiger partial charge in [0.05, 0.1) is 6.42 Å². The summed E-state index contributed by atoms with van der Waals surface area (Å²) in [6.07, 6.45) is 3.79. The SMILES string of the molecule is N[C@H](CC(=O)O)c1ccc(N2CCCCC2)cc1. The number of rotatable bonds is 4. The highest BCUT2D eigenvalue weighted by atomic mass is 16.4. The van der Waals surface area contributed by atoms with Crippen molar-refractivity contribution in [2.45, 2.75) is 31.7 Å². The van der Waals surface area contributed by atoms with Gasteiger partial charge in [0.25, 0.3) is 0 Å². The molecule has 0 amide bonds. The van der Waals surface area contributed by atoms with Crippen molar-refractivity contribution >= 4 is 11.7 Å². The Hall–Kier alpha value is -1.55. The topological polar surface area (TPSA) is 66.6 Å². The van der Waals surface area contributed by atoms with Crippen molar-refractivity contribution in [3.8, 4) is 0 Å². The normalized spacial score (nSPS) is 17.5. The van der Waals surface area contributed by atoms with Crippen molar-refractivity contribution in [3.63, 3.8) is 0 Å². The number of benzene rings is 1. The second-order valence-corrected chi connectivity index (χ2v) is 4.84. The molecule has 0 spiro atoms. The van der Waals surface area contributed by atoms with E-state index >= 15 is 0 Å². The first-order valence-corrected chi connectivity index (χ1v) is 6.49. The van der Waals surface area contributed by atoms with Gasteiger partial charge in [0.2, 0.25) is 0 Å². The molecule has 3 N–H and O–H groups in total. The van der Waals surface area contributed by atoms with Gasteiger partial charge in [0, 0.05) is 24.8 Å². The first-order valence-electron chi connectivity index (χ1n) is 6.49. The lowest BCUT2D eigenvalue weighted by Gasteiger charge is -2.29. The molecule has 2 rings (SSSR count). The first-order chi connectivity index (χ1) is 8.66. The summed E-state index contributed by atoms with van der Waals surface area (Å²) in [6, 6.07) is 7.55. The van der Waals surface area contributed by atoms with Gasteiger partial charge in [0.1, 0.15) is 0 Å². The van der Waals surface area contributed by atoms with Crippen LogP contribution in [0.15, 0.2) is 24.3 Å². The summed E-state index contributed by atoms with van der Waals surface area (Å²) in [5.74, 6) is -0.859. The van der Waals surface area contributed by atoms with Crippen molar-refractivity contribution in [2.24, 2.45) is 5.73 Å². The van der Waals surface area contributed by atoms with Gasteiger partial charge in [-0.2, -0.15) is 0 Å². The summed E-state index contributed by atoms with van der Waals surface area (Å²) in [6.45, 7) is 2.22. The fourth-order valence-electron chi connectivity index (χ4n) is 2.39. The van der Waals surface area contributed by atoms with E-state index in [2.05, 4.69) is 4.90 Å². The largest absolute Gasteiger partial charge is 0.481 e. The van der Waals surface area contributed by atoms with Gasteiger partial charge >= 0.3 is 5.97 Å². The Labute approximate surface area is 107 Å². The van der Waals surface area contributed by atoms with Crippen molar-refractivity contribution in [1.29, 1.82) is 0 Å². The molecule has 18 heavy (non-hydrogen) atoms. The van der Waals surface area contributed by atoms with Crippen molar-refractivity contribution in [1.82, 2.24) is 0 Å². The summed E-state index contributed by atoms with van der Waals surface area (Å²) in [7, 11) is 0. The van der Waals surface area contributed by atoms with Crippen LogP contribution in [-0.4, -0.2) is 24.2 Å². The van der Waals surface area contributed by atoms with Crippen LogP contribution in [0.2, 0.25) is 0 Å². The van der Waals surface area contributed by atoms with Crippen LogP contribution < -0.4 is 10.6 Å². The number of carbonyl (C=O) groups is 1. The predicted octanol–water partition coefficient (Wildman–Crippen LogP) is 2.15. The van der Waals surface area contributed by atoms with E-state index in [1.54, 1.807) is 0 Å². The molecule has 98 valence electrons. The molecular formula is C14H20N2O2. The molecular weight excluding hydrogens is 228 g/mol. The van der Waals surface area contributed by atoms with Crippen LogP contribution in [0.3, 0.4) is 0 Å². The van der Waals surface area contributed by atoms with Crippen LogP contribution in [0.5, 0.6) is 0 Å². The Morgan fingerprint density at radius 3 is 2.39 bits per heavy atom. The van der Waals surface area contributed by atoms with Gasteiger partial charge in [0.15, 0.2) is 0 Å². The number of aliphatic carboxylic acids is 1. The quantitative estimate of drug-likeness (QED) is 0.856. The molecule has 0 unspecified atom stereocenters. The standard InChI is InChI=1S/C14H20N2O2/c15-13(10-14(17)18)11-4-6-12(7-5-11)16-8-2-1-3-9-16/h4-7,13H,1-3,8-10,15H2,(H,17,18)/t13-/m1/s1. The molecule has 1 aromatic rings. The number of hydrogen-bond donors (Lipinski definition) is 2. The molecule has 4 heteroatoms. The molecule has 1 aliphatic rings. The lowest BCUT2D eigenvalue weighted by molar-refractivity contribution is -0.137. The Morgan fingerprint density at radius 1 is 1.22 bits per heavy atom. The maximum absolute atomic E-state index is 10.6. The number of carboxylic acids is 1. The zero-order chi connectivity index (χ0) is 13.0. The van der Waals surface area contributed by atoms with Crippen molar-refractivity contribution in [2.75, 3.05) is 18.0 Å². The highest BCUT2D eigenvalue weighted by Gasteiger charge is 2.13. The molecule has 0 bridgehead atoms. The lowest BCUT2D eigenvalue weighted by Crippen LogP contribution is -2.29. The molecule has 1 atom stereocenters. The van der Waals surface area contributed by atoms with Crippen LogP contribution in [0.4, 0.5) is 5.69 Å². The van der Waals surface area contributed by atoms with E-state index in [-0.39, 0.29) is 6.42 Å². The Kier molecular flexibility index (Phi) is 4.20. The maximum Gasteiger partial charge on any atom is 0.305 e. The fourth-order valence-corrected chi connectivity index (χ4v) is 2.39. The predicted molar refractivity (Wildman–Crippen MR) is 71.7 cm³/mol. The van der Waals surface area contributed by atoms with E-state index in [9.17, 15) is 4.79 Å². The number of piperidine rings is 1. The third kappa shape index (κ3) is 3.23. The molecule has 1 aromatic carbocycles. The summed E-state index contributed by atoms with van der Waals surface area (Å²) >= 11 is 0. The highest BCUT2D eigenvalue weighted by molar-refractivity contribution is 5.68. The molecule has 1 heterocycles. The van der Waals surface area contributed by atoms with Crippen LogP contribution in [0, 0.1) is 0 Å². The van der Waals surface area contributed by atoms with Crippen LogP contribution in [0.25, 0.3) is 0 Å². The van der Waals surface area contributed by atoms with E-state index < -0.39 is 12.0 Å². The third-order valence-electron chi connectivity index (χ3n) is 3.44. The van der Waals surface area contributed by atoms with Crippen LogP contribution >= 0.6 is 0 Å². The molecule has 0 aliphatic carbocycles. The van der Waals surface area contributed by atoms with Crippen molar-refractivity contribution in [3.05, 3.63) is 29.8 Å². The van der Waals surface area contributed by atoms with Crippen molar-refractivity contribution < 1.29 is 9.90 Å². The Balaban J connectivity index is 2.02. The molecule has 1 fully saturated rings. The second kappa shape index (κ2) is 5.87. The second-order valence-electron chi connectivity index (χ2n) is 4.84. The monoisotopic (exact) mass is 248 g/mol. The van der Waals surface area contributed by atoms with Crippen LogP contribution in [-0.2, 0) is 4.79 Å². The number of anilines is 1. The van der Waals surface area contributed by atoms with Crippen LogP contribution in [0.1, 0.15) is 37.3 Å². The maximum atomic E-state index is 10.6. The minimum absolute atomic E-state index is 0.0247. The zero-order valence-electron chi connectivity index (χ0n) is 10.5. The van der Waals surface area contributed by atoms with E-state index in [0.29, 0.717) is 0 Å². The summed E-state index contributed by atoms with van der Waals surface area (Å²) in [4.78, 5) is 13.0. The smallest absolute Gasteiger partial charge is 0.305 e. The van der Waals surface area contributed by atoms with Gasteiger partial charge < -0.3 is 15.7 Å². The lowest BCUT2D eigenvalue weighted by atomic mass is 10.0. The Morgan fingerprint density at radius 2 is 1.83 bits per heavy atom. The van der Waals surface area contributed by atoms with Gasteiger partial charge in [-0.3, -0.25) is 4.79 Å². The fraction of sp³-hybridized carbons (Fsp3) is 0.500. The molecule has 0 aromatic heterocycles. The third-order valence-corrected chi connectivity index (χ3v) is 3.44. The first kappa shape index (κ1) is 12.9. The summed E-state index contributed by atoms with van der Waals surface area (Å²) in [5, 5.41) is 8.72. The van der Waals surface area contributed by atoms with Gasteiger partial charge in [-0.15, -0.1) is 0 Å². The minimum atomic E-state index is -0.859. The van der Waals surface area contributed by atoms with Gasteiger partial charge in [-0.05, 0) is 37.0 Å². The zero-order valence-corrected chi connectivity index (χ0v) is 10.5. The van der Waals surface area contributed by atoms with E-state index in [1.165, 1.54) is 24.9 Å². The molecule has 0 radical (unpaired) electrons. The number of nitrogens with two attached hydrogens (primary N) is 1. The van der Waals surface area contributed by atoms with E-state index in [0.717, 1.165) is 18.7 Å². The average molecular weight is 248 g/mol. The number of hydrogen-bond acceptors (Lipinski definition) is 3. The molecule has 1 saturated heterocycles.